The van der Waals surface area contributed by atoms with Crippen molar-refractivity contribution in [3.8, 4) is 5.69 Å². The van der Waals surface area contributed by atoms with Crippen LogP contribution in [-0.4, -0.2) is 22.5 Å². The summed E-state index contributed by atoms with van der Waals surface area (Å²) < 4.78 is 2.04. The minimum Gasteiger partial charge on any atom is -0.355 e. The van der Waals surface area contributed by atoms with Crippen LogP contribution in [-0.2, 0) is 6.54 Å². The van der Waals surface area contributed by atoms with E-state index in [-0.39, 0.29) is 6.04 Å². The lowest BCUT2D eigenvalue weighted by molar-refractivity contribution is 0.698. The maximum Gasteiger partial charge on any atom is 0.138 e. The zero-order chi connectivity index (χ0) is 28.5. The van der Waals surface area contributed by atoms with Crippen LogP contribution in [0.15, 0.2) is 108 Å². The van der Waals surface area contributed by atoms with Crippen molar-refractivity contribution in [2.24, 2.45) is 5.10 Å². The average Bonchev–Trinajstić information content (AvgIpc) is 3.55. The zero-order valence-corrected chi connectivity index (χ0v) is 24.9. The Hall–Kier alpha value is -3.77. The number of hydrogen-bond donors (Lipinski definition) is 0. The van der Waals surface area contributed by atoms with E-state index >= 15 is 0 Å². The molecular formula is C33H28Cl3N5. The van der Waals surface area contributed by atoms with Gasteiger partial charge in [0.15, 0.2) is 0 Å². The van der Waals surface area contributed by atoms with Crippen molar-refractivity contribution in [1.82, 2.24) is 9.78 Å². The minimum absolute atomic E-state index is 0.152. The van der Waals surface area contributed by atoms with Crippen LogP contribution in [0.5, 0.6) is 0 Å². The molecule has 41 heavy (non-hydrogen) atoms. The molecular weight excluding hydrogens is 573 g/mol. The van der Waals surface area contributed by atoms with Gasteiger partial charge in [0.2, 0.25) is 0 Å². The number of aryl methyl sites for hydroxylation is 1. The molecule has 5 aromatic rings. The third kappa shape index (κ3) is 5.71. The van der Waals surface area contributed by atoms with E-state index in [2.05, 4.69) is 55.3 Å². The van der Waals surface area contributed by atoms with Gasteiger partial charge < -0.3 is 4.90 Å². The summed E-state index contributed by atoms with van der Waals surface area (Å²) in [6, 6.07) is 33.9. The number of aromatic nitrogens is 2. The molecule has 1 aromatic heterocycles. The molecule has 1 unspecified atom stereocenters. The van der Waals surface area contributed by atoms with E-state index in [4.69, 9.17) is 45.0 Å². The van der Waals surface area contributed by atoms with Crippen molar-refractivity contribution in [2.75, 3.05) is 17.0 Å². The molecule has 1 atom stereocenters. The third-order valence-electron chi connectivity index (χ3n) is 7.24. The maximum absolute atomic E-state index is 6.48. The molecule has 0 N–H and O–H groups in total. The largest absolute Gasteiger partial charge is 0.355 e. The fraction of sp³-hybridized carbons (Fsp3) is 0.152. The quantitative estimate of drug-likeness (QED) is 0.187. The summed E-state index contributed by atoms with van der Waals surface area (Å²) in [5.41, 5.74) is 7.01. The molecule has 206 valence electrons. The van der Waals surface area contributed by atoms with E-state index in [1.54, 1.807) is 6.07 Å². The van der Waals surface area contributed by atoms with Crippen molar-refractivity contribution in [2.45, 2.75) is 25.9 Å². The van der Waals surface area contributed by atoms with Crippen molar-refractivity contribution in [1.29, 1.82) is 0 Å². The SMILES string of the molecule is Cc1nn(-c2ccccc2)c(N(C)Cc2ccccc2)c1C1CC(c2ccc(Cl)cc2)=NN1c1cc(Cl)cc(Cl)c1. The second kappa shape index (κ2) is 11.6. The summed E-state index contributed by atoms with van der Waals surface area (Å²) in [7, 11) is 2.11. The average molecular weight is 601 g/mol. The Kier molecular flexibility index (Phi) is 7.76. The van der Waals surface area contributed by atoms with Crippen molar-refractivity contribution in [3.63, 3.8) is 0 Å². The first-order valence-corrected chi connectivity index (χ1v) is 14.5. The summed E-state index contributed by atoms with van der Waals surface area (Å²) >= 11 is 19.2. The Morgan fingerprint density at radius 3 is 2.07 bits per heavy atom. The molecule has 8 heteroatoms. The molecule has 1 aliphatic heterocycles. The number of anilines is 2. The summed E-state index contributed by atoms with van der Waals surface area (Å²) in [4.78, 5) is 2.26. The van der Waals surface area contributed by atoms with Gasteiger partial charge in [-0.3, -0.25) is 5.01 Å². The number of halogens is 3. The van der Waals surface area contributed by atoms with E-state index in [0.29, 0.717) is 28.0 Å². The van der Waals surface area contributed by atoms with Gasteiger partial charge in [-0.15, -0.1) is 0 Å². The third-order valence-corrected chi connectivity index (χ3v) is 7.93. The van der Waals surface area contributed by atoms with Crippen LogP contribution in [0, 0.1) is 6.92 Å². The van der Waals surface area contributed by atoms with Crippen LogP contribution in [0.1, 0.15) is 34.8 Å². The Morgan fingerprint density at radius 2 is 1.41 bits per heavy atom. The van der Waals surface area contributed by atoms with Gasteiger partial charge in [0.1, 0.15) is 5.82 Å². The molecule has 5 nitrogen and oxygen atoms in total. The summed E-state index contributed by atoms with van der Waals surface area (Å²) in [6.07, 6.45) is 0.666. The number of benzene rings is 4. The highest BCUT2D eigenvalue weighted by Crippen LogP contribution is 2.44. The summed E-state index contributed by atoms with van der Waals surface area (Å²) in [6.45, 7) is 2.78. The smallest absolute Gasteiger partial charge is 0.138 e. The first-order chi connectivity index (χ1) is 19.9. The normalized spacial score (nSPS) is 14.8. The van der Waals surface area contributed by atoms with Gasteiger partial charge in [-0.25, -0.2) is 4.68 Å². The highest BCUT2D eigenvalue weighted by molar-refractivity contribution is 6.35. The second-order valence-electron chi connectivity index (χ2n) is 10.2. The first kappa shape index (κ1) is 27.4. The molecule has 2 heterocycles. The molecule has 4 aromatic carbocycles. The van der Waals surface area contributed by atoms with Gasteiger partial charge in [0.05, 0.1) is 28.8 Å². The van der Waals surface area contributed by atoms with Gasteiger partial charge >= 0.3 is 0 Å². The lowest BCUT2D eigenvalue weighted by Gasteiger charge is -2.28. The summed E-state index contributed by atoms with van der Waals surface area (Å²) in [5.74, 6) is 1.01. The lowest BCUT2D eigenvalue weighted by atomic mass is 9.97. The monoisotopic (exact) mass is 599 g/mol. The molecule has 0 bridgehead atoms. The lowest BCUT2D eigenvalue weighted by Crippen LogP contribution is -2.25. The van der Waals surface area contributed by atoms with E-state index in [0.717, 1.165) is 39.7 Å². The standard InChI is InChI=1S/C33H28Cl3N5/c1-22-32(33(39(2)21-23-9-5-3-6-10-23)41(37-22)28-11-7-4-8-12-28)31-20-30(24-13-15-25(34)16-14-24)38-40(31)29-18-26(35)17-27(36)19-29/h3-19,31H,20-21H2,1-2H3. The van der Waals surface area contributed by atoms with Crippen LogP contribution in [0.4, 0.5) is 11.5 Å². The van der Waals surface area contributed by atoms with Gasteiger partial charge in [-0.1, -0.05) is 95.5 Å². The van der Waals surface area contributed by atoms with Crippen molar-refractivity contribution in [3.05, 3.63) is 141 Å². The van der Waals surface area contributed by atoms with E-state index in [1.165, 1.54) is 5.56 Å². The molecule has 0 saturated carbocycles. The van der Waals surface area contributed by atoms with Gasteiger partial charge in [0, 0.05) is 40.6 Å². The van der Waals surface area contributed by atoms with E-state index in [1.807, 2.05) is 70.4 Å². The van der Waals surface area contributed by atoms with Crippen LogP contribution >= 0.6 is 34.8 Å². The summed E-state index contributed by atoms with van der Waals surface area (Å²) in [5, 5.41) is 14.1. The first-order valence-electron chi connectivity index (χ1n) is 13.4. The number of nitrogens with zero attached hydrogens (tertiary/aromatic N) is 5. The highest BCUT2D eigenvalue weighted by atomic mass is 35.5. The number of rotatable bonds is 7. The Labute approximate surface area is 255 Å². The molecule has 6 rings (SSSR count). The minimum atomic E-state index is -0.152. The van der Waals surface area contributed by atoms with Gasteiger partial charge in [-0.2, -0.15) is 10.2 Å². The predicted molar refractivity (Wildman–Crippen MR) is 171 cm³/mol. The van der Waals surface area contributed by atoms with Crippen LogP contribution in [0.25, 0.3) is 5.69 Å². The Bertz CT molecular complexity index is 1680. The highest BCUT2D eigenvalue weighted by Gasteiger charge is 2.36. The molecule has 0 amide bonds. The van der Waals surface area contributed by atoms with E-state index in [9.17, 15) is 0 Å². The Morgan fingerprint density at radius 1 is 0.780 bits per heavy atom. The Balaban J connectivity index is 1.51. The van der Waals surface area contributed by atoms with Crippen LogP contribution < -0.4 is 9.91 Å². The number of para-hydroxylation sites is 1. The molecule has 0 spiro atoms. The number of hydrazone groups is 1. The topological polar surface area (TPSA) is 36.7 Å². The van der Waals surface area contributed by atoms with Crippen molar-refractivity contribution < 1.29 is 0 Å². The number of hydrogen-bond acceptors (Lipinski definition) is 4. The zero-order valence-electron chi connectivity index (χ0n) is 22.7. The predicted octanol–water partition coefficient (Wildman–Crippen LogP) is 9.13. The second-order valence-corrected chi connectivity index (χ2v) is 11.5. The van der Waals surface area contributed by atoms with Crippen LogP contribution in [0.3, 0.4) is 0 Å². The molecule has 0 aliphatic carbocycles. The maximum atomic E-state index is 6.48. The molecule has 0 fully saturated rings. The molecule has 0 radical (unpaired) electrons. The fourth-order valence-electron chi connectivity index (χ4n) is 5.43. The van der Waals surface area contributed by atoms with E-state index < -0.39 is 0 Å². The van der Waals surface area contributed by atoms with Crippen molar-refractivity contribution >= 4 is 52.0 Å². The van der Waals surface area contributed by atoms with Gasteiger partial charge in [0.25, 0.3) is 0 Å². The fourth-order valence-corrected chi connectivity index (χ4v) is 6.07. The molecule has 0 saturated heterocycles. The molecule has 1 aliphatic rings. The van der Waals surface area contributed by atoms with Crippen LogP contribution in [0.2, 0.25) is 15.1 Å². The van der Waals surface area contributed by atoms with Gasteiger partial charge in [-0.05, 0) is 60.5 Å².